The van der Waals surface area contributed by atoms with Crippen molar-refractivity contribution in [3.8, 4) is 11.4 Å². The van der Waals surface area contributed by atoms with E-state index in [4.69, 9.17) is 4.74 Å². The van der Waals surface area contributed by atoms with E-state index in [2.05, 4.69) is 9.97 Å². The molecule has 0 spiro atoms. The summed E-state index contributed by atoms with van der Waals surface area (Å²) in [7, 11) is 0. The van der Waals surface area contributed by atoms with E-state index in [0.29, 0.717) is 11.5 Å². The number of hydrogen-bond acceptors (Lipinski definition) is 4. The molecule has 0 bridgehead atoms. The van der Waals surface area contributed by atoms with Gasteiger partial charge in [-0.2, -0.15) is 8.78 Å². The number of aromatic nitrogens is 2. The maximum absolute atomic E-state index is 12.3. The molecule has 0 aliphatic heterocycles. The minimum Gasteiger partial charge on any atom is -0.462 e. The Hall–Kier alpha value is -2.63. The minimum atomic E-state index is -1.74. The summed E-state index contributed by atoms with van der Waals surface area (Å²) in [4.78, 5) is 20.4. The molecule has 120 valence electrons. The molecule has 0 radical (unpaired) electrons. The predicted molar refractivity (Wildman–Crippen MR) is 82.0 cm³/mol. The van der Waals surface area contributed by atoms with Gasteiger partial charge in [0.1, 0.15) is 0 Å². The molecular weight excluding hydrogens is 302 g/mol. The highest BCUT2D eigenvalue weighted by atomic mass is 19.3. The lowest BCUT2D eigenvalue weighted by Gasteiger charge is -2.08. The topological polar surface area (TPSA) is 52.1 Å². The van der Waals surface area contributed by atoms with Crippen LogP contribution in [0.3, 0.4) is 0 Å². The van der Waals surface area contributed by atoms with E-state index in [-0.39, 0.29) is 24.2 Å². The van der Waals surface area contributed by atoms with Gasteiger partial charge in [0.15, 0.2) is 5.82 Å². The van der Waals surface area contributed by atoms with Crippen LogP contribution in [0, 0.1) is 6.92 Å². The second-order valence-corrected chi connectivity index (χ2v) is 4.99. The van der Waals surface area contributed by atoms with Crippen molar-refractivity contribution in [2.75, 3.05) is 6.61 Å². The first kappa shape index (κ1) is 16.7. The number of aryl methyl sites for hydroxylation is 1. The Balaban J connectivity index is 2.06. The summed E-state index contributed by atoms with van der Waals surface area (Å²) in [6, 6.07) is 9.37. The van der Waals surface area contributed by atoms with Crippen LogP contribution in [0.1, 0.15) is 29.4 Å². The van der Waals surface area contributed by atoms with E-state index >= 15 is 0 Å². The molecule has 1 aromatic carbocycles. The molecule has 23 heavy (non-hydrogen) atoms. The van der Waals surface area contributed by atoms with Gasteiger partial charge in [0.2, 0.25) is 0 Å². The van der Waals surface area contributed by atoms with Crippen LogP contribution in [-0.4, -0.2) is 22.5 Å². The van der Waals surface area contributed by atoms with Crippen molar-refractivity contribution < 1.29 is 18.3 Å². The average Bonchev–Trinajstić information content (AvgIpc) is 2.55. The van der Waals surface area contributed by atoms with Crippen molar-refractivity contribution in [1.82, 2.24) is 9.97 Å². The highest BCUT2D eigenvalue weighted by molar-refractivity contribution is 5.90. The molecule has 0 aliphatic rings. The lowest BCUT2D eigenvalue weighted by Crippen LogP contribution is -2.10. The van der Waals surface area contributed by atoms with Gasteiger partial charge in [-0.05, 0) is 19.4 Å². The lowest BCUT2D eigenvalue weighted by atomic mass is 10.2. The zero-order chi connectivity index (χ0) is 16.8. The van der Waals surface area contributed by atoms with Crippen molar-refractivity contribution in [1.29, 1.82) is 0 Å². The molecule has 2 aromatic rings. The Labute approximate surface area is 132 Å². The summed E-state index contributed by atoms with van der Waals surface area (Å²) in [6.45, 7) is 2.87. The first-order valence-electron chi connectivity index (χ1n) is 7.06. The Bertz CT molecular complexity index is 727. The first-order chi connectivity index (χ1) is 11.0. The van der Waals surface area contributed by atoms with Crippen molar-refractivity contribution >= 4 is 5.97 Å². The lowest BCUT2D eigenvalue weighted by molar-refractivity contribution is 0.0506. The molecule has 0 unspecified atom stereocenters. The van der Waals surface area contributed by atoms with Crippen LogP contribution in [0.4, 0.5) is 8.78 Å². The van der Waals surface area contributed by atoms with Gasteiger partial charge in [-0.25, -0.2) is 14.8 Å². The Morgan fingerprint density at radius 1 is 1.22 bits per heavy atom. The smallest absolute Gasteiger partial charge is 0.341 e. The second kappa shape index (κ2) is 7.58. The molecule has 2 rings (SSSR count). The van der Waals surface area contributed by atoms with Crippen molar-refractivity contribution in [2.24, 2.45) is 0 Å². The molecule has 6 heteroatoms. The number of carbonyl (C=O) groups is 1. The molecule has 0 amide bonds. The van der Waals surface area contributed by atoms with Crippen molar-refractivity contribution in [2.45, 2.75) is 20.3 Å². The van der Waals surface area contributed by atoms with Crippen LogP contribution in [0.2, 0.25) is 0 Å². The Kier molecular flexibility index (Phi) is 5.51. The number of rotatable bonds is 5. The van der Waals surface area contributed by atoms with E-state index in [0.717, 1.165) is 5.56 Å². The summed E-state index contributed by atoms with van der Waals surface area (Å²) < 4.78 is 29.5. The third-order valence-corrected chi connectivity index (χ3v) is 3.26. The number of hydrogen-bond donors (Lipinski definition) is 0. The van der Waals surface area contributed by atoms with E-state index in [9.17, 15) is 13.6 Å². The van der Waals surface area contributed by atoms with Gasteiger partial charge in [0, 0.05) is 18.2 Å². The molecule has 0 saturated carbocycles. The largest absolute Gasteiger partial charge is 0.462 e. The van der Waals surface area contributed by atoms with Gasteiger partial charge in [0.05, 0.1) is 17.9 Å². The van der Waals surface area contributed by atoms with Gasteiger partial charge in [-0.15, -0.1) is 0 Å². The predicted octanol–water partition coefficient (Wildman–Crippen LogP) is 4.17. The van der Waals surface area contributed by atoms with Crippen molar-refractivity contribution in [3.63, 3.8) is 0 Å². The second-order valence-electron chi connectivity index (χ2n) is 4.99. The molecule has 0 atom stereocenters. The summed E-state index contributed by atoms with van der Waals surface area (Å²) >= 11 is 0. The van der Waals surface area contributed by atoms with Crippen LogP contribution in [0.5, 0.6) is 0 Å². The van der Waals surface area contributed by atoms with Crippen LogP contribution in [0.25, 0.3) is 11.4 Å². The Morgan fingerprint density at radius 3 is 2.52 bits per heavy atom. The number of nitrogens with zero attached hydrogens (tertiary/aromatic N) is 2. The fraction of sp³-hybridized carbons (Fsp3) is 0.235. The zero-order valence-corrected chi connectivity index (χ0v) is 12.8. The summed E-state index contributed by atoms with van der Waals surface area (Å²) in [5.41, 5.74) is 1.46. The van der Waals surface area contributed by atoms with E-state index < -0.39 is 12.0 Å². The van der Waals surface area contributed by atoms with Crippen LogP contribution >= 0.6 is 0 Å². The van der Waals surface area contributed by atoms with E-state index in [1.807, 2.05) is 30.3 Å². The fourth-order valence-corrected chi connectivity index (χ4v) is 1.86. The normalized spacial score (nSPS) is 10.3. The molecular formula is C17H16F2N2O2. The Morgan fingerprint density at radius 2 is 1.91 bits per heavy atom. The number of benzene rings is 1. The van der Waals surface area contributed by atoms with Gasteiger partial charge >= 0.3 is 5.97 Å². The molecule has 4 nitrogen and oxygen atoms in total. The van der Waals surface area contributed by atoms with Gasteiger partial charge in [-0.3, -0.25) is 0 Å². The number of ether oxygens (including phenoxy) is 1. The maximum atomic E-state index is 12.3. The molecule has 0 saturated heterocycles. The SMILES string of the molecule is CC(CCOC(=O)c1cnc(-c2ccccc2)nc1C)=C(F)F. The number of halogens is 2. The third-order valence-electron chi connectivity index (χ3n) is 3.26. The highest BCUT2D eigenvalue weighted by Crippen LogP contribution is 2.16. The monoisotopic (exact) mass is 318 g/mol. The average molecular weight is 318 g/mol. The van der Waals surface area contributed by atoms with E-state index in [1.165, 1.54) is 13.1 Å². The third kappa shape index (κ3) is 4.42. The van der Waals surface area contributed by atoms with Gasteiger partial charge in [-0.1, -0.05) is 30.3 Å². The van der Waals surface area contributed by atoms with E-state index in [1.54, 1.807) is 6.92 Å². The molecule has 0 fully saturated rings. The maximum Gasteiger partial charge on any atom is 0.341 e. The summed E-state index contributed by atoms with van der Waals surface area (Å²) in [5, 5.41) is 0. The fourth-order valence-electron chi connectivity index (χ4n) is 1.86. The number of carbonyl (C=O) groups excluding carboxylic acids is 1. The van der Waals surface area contributed by atoms with Crippen LogP contribution < -0.4 is 0 Å². The van der Waals surface area contributed by atoms with Crippen LogP contribution in [-0.2, 0) is 4.74 Å². The molecule has 1 heterocycles. The molecule has 0 N–H and O–H groups in total. The standard InChI is InChI=1S/C17H16F2N2O2/c1-11(15(18)19)8-9-23-17(22)14-10-20-16(21-12(14)2)13-6-4-3-5-7-13/h3-7,10H,8-9H2,1-2H3. The number of esters is 1. The minimum absolute atomic E-state index is 0.00389. The zero-order valence-electron chi connectivity index (χ0n) is 12.8. The molecule has 1 aromatic heterocycles. The van der Waals surface area contributed by atoms with Gasteiger partial charge < -0.3 is 4.74 Å². The van der Waals surface area contributed by atoms with Crippen molar-refractivity contribution in [3.05, 3.63) is 59.4 Å². The highest BCUT2D eigenvalue weighted by Gasteiger charge is 2.14. The van der Waals surface area contributed by atoms with Gasteiger partial charge in [0.25, 0.3) is 6.08 Å². The quantitative estimate of drug-likeness (QED) is 0.776. The summed E-state index contributed by atoms with van der Waals surface area (Å²) in [5.74, 6) is -0.105. The molecule has 0 aliphatic carbocycles. The first-order valence-corrected chi connectivity index (χ1v) is 7.06. The summed E-state index contributed by atoms with van der Waals surface area (Å²) in [6.07, 6.45) is -0.352. The van der Waals surface area contributed by atoms with Crippen LogP contribution in [0.15, 0.2) is 48.2 Å².